The van der Waals surface area contributed by atoms with E-state index in [0.29, 0.717) is 0 Å². The highest BCUT2D eigenvalue weighted by Gasteiger charge is 2.66. The topological polar surface area (TPSA) is 185 Å². The van der Waals surface area contributed by atoms with E-state index < -0.39 is 81.8 Å². The molecule has 14 atom stereocenters. The largest absolute Gasteiger partial charge is 0.472 e. The third-order valence-corrected chi connectivity index (χ3v) is 11.1. The highest BCUT2D eigenvalue weighted by molar-refractivity contribution is 7.47. The van der Waals surface area contributed by atoms with Gasteiger partial charge in [-0.05, 0) is 48.5 Å². The molecule has 0 aromatic rings. The van der Waals surface area contributed by atoms with Crippen molar-refractivity contribution in [2.75, 3.05) is 39.6 Å². The van der Waals surface area contributed by atoms with Gasteiger partial charge in [-0.3, -0.25) is 18.1 Å². The van der Waals surface area contributed by atoms with Gasteiger partial charge < -0.3 is 47.7 Å². The van der Waals surface area contributed by atoms with Crippen LogP contribution in [0.25, 0.3) is 0 Å². The molecule has 6 fully saturated rings. The molecule has 18 heteroatoms. The molecule has 6 saturated heterocycles. The standard InChI is InChI=1S/C27H46O16P2/c1-14(2)32-8-25-9-34-20(17(6)39-25)23(25)42-45(30,31)37-13-27-11-35-21(18(7)41-27)24(27)43-44(28,29)36-12-26-10-33-19(16(5)40-26)22(26)38-15(3)4/h14-24H,8-13H2,1-7H3,(H,28,29)(H,30,31)/t16-,17-,18-,19?,20?,21?,22-,23-,24-,25?,26?,27?/m1/s1. The zero-order chi connectivity index (χ0) is 32.6. The van der Waals surface area contributed by atoms with Gasteiger partial charge in [-0.15, -0.1) is 0 Å². The van der Waals surface area contributed by atoms with E-state index in [2.05, 4.69) is 0 Å². The molecule has 0 aliphatic carbocycles. The summed E-state index contributed by atoms with van der Waals surface area (Å²) in [5, 5.41) is 0. The first-order chi connectivity index (χ1) is 21.0. The van der Waals surface area contributed by atoms with Crippen LogP contribution in [-0.2, 0) is 65.1 Å². The molecule has 0 radical (unpaired) electrons. The van der Waals surface area contributed by atoms with Crippen molar-refractivity contribution in [1.29, 1.82) is 0 Å². The molecule has 6 bridgehead atoms. The normalized spacial score (nSPS) is 47.8. The van der Waals surface area contributed by atoms with Crippen LogP contribution in [0.5, 0.6) is 0 Å². The Morgan fingerprint density at radius 3 is 1.40 bits per heavy atom. The molecule has 2 N–H and O–H groups in total. The van der Waals surface area contributed by atoms with E-state index in [1.807, 2.05) is 34.6 Å². The summed E-state index contributed by atoms with van der Waals surface area (Å²) in [4.78, 5) is 21.7. The van der Waals surface area contributed by atoms with Gasteiger partial charge in [0.2, 0.25) is 0 Å². The lowest BCUT2D eigenvalue weighted by Crippen LogP contribution is -2.48. The van der Waals surface area contributed by atoms with Gasteiger partial charge >= 0.3 is 15.6 Å². The molecule has 6 aliphatic heterocycles. The van der Waals surface area contributed by atoms with Crippen LogP contribution < -0.4 is 0 Å². The van der Waals surface area contributed by atoms with Crippen LogP contribution in [0.2, 0.25) is 0 Å². The Balaban J connectivity index is 1.10. The van der Waals surface area contributed by atoms with Crippen LogP contribution in [0.15, 0.2) is 0 Å². The molecule has 0 aromatic carbocycles. The van der Waals surface area contributed by atoms with E-state index in [4.69, 9.17) is 56.0 Å². The molecule has 0 saturated carbocycles. The summed E-state index contributed by atoms with van der Waals surface area (Å²) in [6.07, 6.45) is -5.82. The Morgan fingerprint density at radius 1 is 0.644 bits per heavy atom. The molecule has 6 heterocycles. The molecular formula is C27H46O16P2. The average molecular weight is 689 g/mol. The first-order valence-electron chi connectivity index (χ1n) is 15.5. The van der Waals surface area contributed by atoms with Crippen molar-refractivity contribution in [2.24, 2.45) is 0 Å². The Bertz CT molecular complexity index is 1190. The lowest BCUT2D eigenvalue weighted by Gasteiger charge is -2.33. The number of fused-ring (bicyclic) bond motifs is 6. The lowest BCUT2D eigenvalue weighted by atomic mass is 9.99. The van der Waals surface area contributed by atoms with E-state index in [-0.39, 0.29) is 57.5 Å². The molecule has 6 aliphatic rings. The van der Waals surface area contributed by atoms with E-state index in [0.717, 1.165) is 0 Å². The first-order valence-corrected chi connectivity index (χ1v) is 18.5. The molecule has 6 rings (SSSR count). The molecule has 0 amide bonds. The second kappa shape index (κ2) is 12.3. The maximum atomic E-state index is 13.3. The molecule has 0 spiro atoms. The predicted octanol–water partition coefficient (Wildman–Crippen LogP) is 1.88. The highest BCUT2D eigenvalue weighted by atomic mass is 31.2. The predicted molar refractivity (Wildman–Crippen MR) is 151 cm³/mol. The molecule has 0 aromatic heterocycles. The van der Waals surface area contributed by atoms with Crippen LogP contribution in [0.3, 0.4) is 0 Å². The van der Waals surface area contributed by atoms with Crippen LogP contribution in [0, 0.1) is 0 Å². The van der Waals surface area contributed by atoms with Crippen molar-refractivity contribution in [3.05, 3.63) is 0 Å². The smallest absolute Gasteiger partial charge is 0.376 e. The van der Waals surface area contributed by atoms with Gasteiger partial charge in [0.25, 0.3) is 0 Å². The minimum absolute atomic E-state index is 0.0975. The highest BCUT2D eigenvalue weighted by Crippen LogP contribution is 2.57. The fraction of sp³-hybridized carbons (Fsp3) is 1.00. The van der Waals surface area contributed by atoms with Crippen molar-refractivity contribution in [3.63, 3.8) is 0 Å². The number of ether oxygens (including phenoxy) is 8. The van der Waals surface area contributed by atoms with Crippen LogP contribution in [0.1, 0.15) is 48.5 Å². The summed E-state index contributed by atoms with van der Waals surface area (Å²) >= 11 is 0. The summed E-state index contributed by atoms with van der Waals surface area (Å²) in [7, 11) is -9.51. The van der Waals surface area contributed by atoms with Gasteiger partial charge in [-0.25, -0.2) is 9.13 Å². The number of rotatable bonds is 15. The number of phosphoric acid groups is 2. The Labute approximate surface area is 262 Å². The molecular weight excluding hydrogens is 642 g/mol. The summed E-state index contributed by atoms with van der Waals surface area (Å²) in [6.45, 7) is 12.2. The van der Waals surface area contributed by atoms with Crippen LogP contribution >= 0.6 is 15.6 Å². The lowest BCUT2D eigenvalue weighted by molar-refractivity contribution is -0.169. The van der Waals surface area contributed by atoms with Crippen molar-refractivity contribution >= 4 is 15.6 Å². The fourth-order valence-corrected chi connectivity index (χ4v) is 9.28. The third-order valence-electron chi connectivity index (χ3n) is 9.18. The number of phosphoric ester groups is 2. The minimum atomic E-state index is -4.76. The van der Waals surface area contributed by atoms with E-state index in [9.17, 15) is 18.9 Å². The van der Waals surface area contributed by atoms with Gasteiger partial charge in [-0.2, -0.15) is 0 Å². The zero-order valence-electron chi connectivity index (χ0n) is 26.6. The zero-order valence-corrected chi connectivity index (χ0v) is 28.4. The van der Waals surface area contributed by atoms with Gasteiger partial charge in [0, 0.05) is 0 Å². The van der Waals surface area contributed by atoms with Gasteiger partial charge in [0.05, 0.1) is 70.2 Å². The SMILES string of the molecule is CC(C)OCC12COC([C@H]1OP(=O)(O)OCC13COC([C@H]1OP(=O)(O)OCC14COC([C@H]1OC(C)C)[C@@H](C)O4)[C@@H](C)O3)[C@@H](C)O2. The quantitative estimate of drug-likeness (QED) is 0.237. The van der Waals surface area contributed by atoms with Gasteiger partial charge in [-0.1, -0.05) is 0 Å². The summed E-state index contributed by atoms with van der Waals surface area (Å²) in [5.41, 5.74) is -3.66. The Kier molecular flexibility index (Phi) is 9.53. The average Bonchev–Trinajstić information content (AvgIpc) is 3.73. The van der Waals surface area contributed by atoms with E-state index >= 15 is 0 Å². The second-order valence-corrected chi connectivity index (χ2v) is 16.3. The number of hydrogen-bond donors (Lipinski definition) is 2. The van der Waals surface area contributed by atoms with Crippen molar-refractivity contribution in [3.8, 4) is 0 Å². The first kappa shape index (κ1) is 34.8. The van der Waals surface area contributed by atoms with Crippen LogP contribution in [0.4, 0.5) is 0 Å². The second-order valence-electron chi connectivity index (χ2n) is 13.5. The Hall–Kier alpha value is -0.100. The van der Waals surface area contributed by atoms with Crippen molar-refractivity contribution < 1.29 is 74.9 Å². The van der Waals surface area contributed by atoms with E-state index in [1.54, 1.807) is 13.8 Å². The monoisotopic (exact) mass is 688 g/mol. The maximum Gasteiger partial charge on any atom is 0.472 e. The van der Waals surface area contributed by atoms with Crippen molar-refractivity contribution in [1.82, 2.24) is 0 Å². The van der Waals surface area contributed by atoms with E-state index in [1.165, 1.54) is 0 Å². The number of hydrogen-bond acceptors (Lipinski definition) is 14. The van der Waals surface area contributed by atoms with Crippen LogP contribution in [-0.4, -0.2) is 133 Å². The van der Waals surface area contributed by atoms with Gasteiger partial charge in [0.15, 0.2) is 0 Å². The molecule has 8 unspecified atom stereocenters. The van der Waals surface area contributed by atoms with Crippen molar-refractivity contribution in [2.45, 2.75) is 132 Å². The minimum Gasteiger partial charge on any atom is -0.376 e. The Morgan fingerprint density at radius 2 is 1.02 bits per heavy atom. The maximum absolute atomic E-state index is 13.3. The summed E-state index contributed by atoms with van der Waals surface area (Å²) in [6, 6.07) is 0. The molecule has 45 heavy (non-hydrogen) atoms. The summed E-state index contributed by atoms with van der Waals surface area (Å²) in [5.74, 6) is 0. The fourth-order valence-electron chi connectivity index (χ4n) is 7.20. The molecule has 16 nitrogen and oxygen atoms in total. The third kappa shape index (κ3) is 6.50. The molecule has 260 valence electrons. The van der Waals surface area contributed by atoms with Gasteiger partial charge in [0.1, 0.15) is 53.4 Å². The summed E-state index contributed by atoms with van der Waals surface area (Å²) < 4.78 is 96.2.